The summed E-state index contributed by atoms with van der Waals surface area (Å²) in [5, 5.41) is 0. The molecule has 2 atom stereocenters. The van der Waals surface area contributed by atoms with Crippen molar-refractivity contribution in [2.45, 2.75) is 52.6 Å². The van der Waals surface area contributed by atoms with Gasteiger partial charge in [0.05, 0.1) is 13.2 Å². The quantitative estimate of drug-likeness (QED) is 0.804. The zero-order valence-corrected chi connectivity index (χ0v) is 13.4. The highest BCUT2D eigenvalue weighted by Gasteiger charge is 2.40. The molecule has 1 fully saturated rings. The fourth-order valence-corrected chi connectivity index (χ4v) is 3.54. The predicted octanol–water partition coefficient (Wildman–Crippen LogP) is 2.84. The molecular weight excluding hydrogens is 266 g/mol. The normalized spacial score (nSPS) is 19.8. The van der Waals surface area contributed by atoms with Crippen LogP contribution in [0.1, 0.15) is 48.1 Å². The lowest BCUT2D eigenvalue weighted by atomic mass is 9.93. The lowest BCUT2D eigenvalue weighted by molar-refractivity contribution is -0.150. The molecule has 0 N–H and O–H groups in total. The molecule has 0 aromatic heterocycles. The summed E-state index contributed by atoms with van der Waals surface area (Å²) in [6.07, 6.45) is 0.952. The molecule has 2 unspecified atom stereocenters. The monoisotopic (exact) mass is 289 g/mol. The summed E-state index contributed by atoms with van der Waals surface area (Å²) in [4.78, 5) is 25.8. The van der Waals surface area contributed by atoms with Crippen LogP contribution in [0, 0.1) is 20.8 Å². The van der Waals surface area contributed by atoms with Gasteiger partial charge in [0.1, 0.15) is 6.04 Å². The minimum atomic E-state index is -0.461. The van der Waals surface area contributed by atoms with Crippen molar-refractivity contribution in [3.05, 3.63) is 34.4 Å². The Morgan fingerprint density at radius 2 is 1.86 bits per heavy atom. The van der Waals surface area contributed by atoms with Gasteiger partial charge in [-0.15, -0.1) is 0 Å². The van der Waals surface area contributed by atoms with Gasteiger partial charge in [0.25, 0.3) is 0 Å². The van der Waals surface area contributed by atoms with Crippen molar-refractivity contribution in [3.8, 4) is 0 Å². The van der Waals surface area contributed by atoms with E-state index in [2.05, 4.69) is 32.9 Å². The zero-order valence-electron chi connectivity index (χ0n) is 13.4. The highest BCUT2D eigenvalue weighted by atomic mass is 16.5. The molecule has 1 heterocycles. The third-order valence-corrected chi connectivity index (χ3v) is 4.30. The van der Waals surface area contributed by atoms with Crippen LogP contribution in [0.2, 0.25) is 0 Å². The van der Waals surface area contributed by atoms with E-state index in [1.807, 2.05) is 6.92 Å². The Kier molecular flexibility index (Phi) is 4.35. The summed E-state index contributed by atoms with van der Waals surface area (Å²) >= 11 is 0. The Bertz CT molecular complexity index is 556. The first-order valence-corrected chi connectivity index (χ1v) is 7.33. The van der Waals surface area contributed by atoms with Crippen LogP contribution in [-0.2, 0) is 14.3 Å². The molecule has 0 saturated carbocycles. The van der Waals surface area contributed by atoms with Gasteiger partial charge in [-0.1, -0.05) is 17.7 Å². The molecule has 21 heavy (non-hydrogen) atoms. The van der Waals surface area contributed by atoms with Crippen LogP contribution in [-0.4, -0.2) is 29.9 Å². The van der Waals surface area contributed by atoms with Gasteiger partial charge in [-0.3, -0.25) is 4.79 Å². The maximum atomic E-state index is 12.2. The third kappa shape index (κ3) is 2.80. The number of hydrogen-bond acceptors (Lipinski definition) is 3. The molecule has 1 aliphatic heterocycles. The summed E-state index contributed by atoms with van der Waals surface area (Å²) in [7, 11) is 1.37. The second-order valence-electron chi connectivity index (χ2n) is 5.87. The average Bonchev–Trinajstić information content (AvgIpc) is 2.78. The molecule has 4 nitrogen and oxygen atoms in total. The summed E-state index contributed by atoms with van der Waals surface area (Å²) in [6.45, 7) is 8.16. The smallest absolute Gasteiger partial charge is 0.328 e. The average molecular weight is 289 g/mol. The highest BCUT2D eigenvalue weighted by molar-refractivity contribution is 5.88. The Morgan fingerprint density at radius 3 is 2.38 bits per heavy atom. The maximum absolute atomic E-state index is 12.2. The first-order valence-electron chi connectivity index (χ1n) is 7.33. The minimum Gasteiger partial charge on any atom is -0.467 e. The lowest BCUT2D eigenvalue weighted by Gasteiger charge is -2.31. The maximum Gasteiger partial charge on any atom is 0.328 e. The highest BCUT2D eigenvalue weighted by Crippen LogP contribution is 2.34. The zero-order chi connectivity index (χ0) is 15.7. The van der Waals surface area contributed by atoms with Gasteiger partial charge in [-0.25, -0.2) is 4.79 Å². The largest absolute Gasteiger partial charge is 0.467 e. The summed E-state index contributed by atoms with van der Waals surface area (Å²) < 4.78 is 4.85. The SMILES string of the molecule is COC(=O)C1CCC(=O)N1C(C)c1c(C)cc(C)cc1C. The number of esters is 1. The first kappa shape index (κ1) is 15.5. The van der Waals surface area contributed by atoms with Crippen molar-refractivity contribution in [1.29, 1.82) is 0 Å². The molecule has 0 aliphatic carbocycles. The third-order valence-electron chi connectivity index (χ3n) is 4.30. The molecule has 0 radical (unpaired) electrons. The summed E-state index contributed by atoms with van der Waals surface area (Å²) in [6, 6.07) is 3.65. The second kappa shape index (κ2) is 5.88. The number of carbonyl (C=O) groups excluding carboxylic acids is 2. The van der Waals surface area contributed by atoms with Gasteiger partial charge < -0.3 is 9.64 Å². The van der Waals surface area contributed by atoms with E-state index in [-0.39, 0.29) is 17.9 Å². The number of rotatable bonds is 3. The molecule has 1 aromatic carbocycles. The van der Waals surface area contributed by atoms with E-state index >= 15 is 0 Å². The van der Waals surface area contributed by atoms with Crippen molar-refractivity contribution in [2.24, 2.45) is 0 Å². The van der Waals surface area contributed by atoms with Crippen molar-refractivity contribution in [1.82, 2.24) is 4.90 Å². The van der Waals surface area contributed by atoms with Crippen LogP contribution in [0.25, 0.3) is 0 Å². The minimum absolute atomic E-state index is 0.0253. The van der Waals surface area contributed by atoms with E-state index in [1.54, 1.807) is 4.90 Å². The van der Waals surface area contributed by atoms with E-state index < -0.39 is 6.04 Å². The van der Waals surface area contributed by atoms with Crippen molar-refractivity contribution < 1.29 is 14.3 Å². The van der Waals surface area contributed by atoms with E-state index in [4.69, 9.17) is 4.74 Å². The van der Waals surface area contributed by atoms with Crippen LogP contribution >= 0.6 is 0 Å². The Hall–Kier alpha value is -1.84. The molecule has 0 bridgehead atoms. The van der Waals surface area contributed by atoms with Gasteiger partial charge in [0, 0.05) is 6.42 Å². The van der Waals surface area contributed by atoms with Gasteiger partial charge in [0.15, 0.2) is 0 Å². The molecular formula is C17H23NO3. The predicted molar refractivity (Wildman–Crippen MR) is 81.0 cm³/mol. The van der Waals surface area contributed by atoms with E-state index in [0.717, 1.165) is 16.7 Å². The second-order valence-corrected chi connectivity index (χ2v) is 5.87. The van der Waals surface area contributed by atoms with Crippen molar-refractivity contribution in [2.75, 3.05) is 7.11 Å². The van der Waals surface area contributed by atoms with Crippen molar-refractivity contribution in [3.63, 3.8) is 0 Å². The fourth-order valence-electron chi connectivity index (χ4n) is 3.54. The Labute approximate surface area is 126 Å². The molecule has 2 rings (SSSR count). The molecule has 1 aliphatic rings. The Morgan fingerprint density at radius 1 is 1.29 bits per heavy atom. The van der Waals surface area contributed by atoms with Gasteiger partial charge >= 0.3 is 5.97 Å². The molecule has 114 valence electrons. The number of hydrogen-bond donors (Lipinski definition) is 0. The van der Waals surface area contributed by atoms with Crippen LogP contribution in [0.15, 0.2) is 12.1 Å². The van der Waals surface area contributed by atoms with Crippen LogP contribution in [0.4, 0.5) is 0 Å². The van der Waals surface area contributed by atoms with E-state index in [1.165, 1.54) is 12.7 Å². The van der Waals surface area contributed by atoms with Gasteiger partial charge in [0.2, 0.25) is 5.91 Å². The molecule has 1 aromatic rings. The molecule has 1 saturated heterocycles. The lowest BCUT2D eigenvalue weighted by Crippen LogP contribution is -2.41. The summed E-state index contributed by atoms with van der Waals surface area (Å²) in [5.74, 6) is -0.299. The first-order chi connectivity index (χ1) is 9.86. The summed E-state index contributed by atoms with van der Waals surface area (Å²) in [5.41, 5.74) is 4.65. The van der Waals surface area contributed by atoms with Crippen LogP contribution in [0.3, 0.4) is 0 Å². The molecule has 1 amide bonds. The Balaban J connectivity index is 2.40. The van der Waals surface area contributed by atoms with Crippen LogP contribution in [0.5, 0.6) is 0 Å². The number of aryl methyl sites for hydroxylation is 3. The standard InChI is InChI=1S/C17H23NO3/c1-10-8-11(2)16(12(3)9-10)13(4)18-14(17(20)21-5)6-7-15(18)19/h8-9,13-14H,6-7H2,1-5H3. The number of nitrogens with zero attached hydrogens (tertiary/aromatic N) is 1. The number of amides is 1. The van der Waals surface area contributed by atoms with Gasteiger partial charge in [-0.05, 0) is 50.8 Å². The number of likely N-dealkylation sites (tertiary alicyclic amines) is 1. The number of methoxy groups -OCH3 is 1. The van der Waals surface area contributed by atoms with Gasteiger partial charge in [-0.2, -0.15) is 0 Å². The number of benzene rings is 1. The molecule has 0 spiro atoms. The fraction of sp³-hybridized carbons (Fsp3) is 0.529. The molecule has 4 heteroatoms. The number of ether oxygens (including phenoxy) is 1. The topological polar surface area (TPSA) is 46.6 Å². The van der Waals surface area contributed by atoms with Crippen LogP contribution < -0.4 is 0 Å². The van der Waals surface area contributed by atoms with Crippen molar-refractivity contribution >= 4 is 11.9 Å². The van der Waals surface area contributed by atoms with E-state index in [0.29, 0.717) is 12.8 Å². The van der Waals surface area contributed by atoms with E-state index in [9.17, 15) is 9.59 Å². The number of carbonyl (C=O) groups is 2.